The van der Waals surface area contributed by atoms with E-state index in [9.17, 15) is 0 Å². The number of nitrogens with zero attached hydrogens (tertiary/aromatic N) is 3. The molecule has 2 aliphatic rings. The Bertz CT molecular complexity index is 437. The quantitative estimate of drug-likeness (QED) is 0.807. The van der Waals surface area contributed by atoms with Gasteiger partial charge in [-0.15, -0.1) is 0 Å². The van der Waals surface area contributed by atoms with Crippen molar-refractivity contribution in [3.63, 3.8) is 0 Å². The van der Waals surface area contributed by atoms with Crippen molar-refractivity contribution in [3.05, 3.63) is 17.6 Å². The minimum Gasteiger partial charge on any atom is -0.352 e. The number of nitrogens with two attached hydrogens (primary N) is 1. The molecule has 98 valence electrons. The zero-order chi connectivity index (χ0) is 12.6. The van der Waals surface area contributed by atoms with Gasteiger partial charge in [-0.1, -0.05) is 13.3 Å². The number of aryl methyl sites for hydroxylation is 1. The van der Waals surface area contributed by atoms with E-state index in [1.54, 1.807) is 6.33 Å². The van der Waals surface area contributed by atoms with Gasteiger partial charge in [-0.05, 0) is 32.1 Å². The molecule has 0 aromatic carbocycles. The van der Waals surface area contributed by atoms with Crippen molar-refractivity contribution in [2.45, 2.75) is 51.0 Å². The lowest BCUT2D eigenvalue weighted by Crippen LogP contribution is -2.67. The second-order valence-electron chi connectivity index (χ2n) is 5.76. The minimum absolute atomic E-state index is 0.00254. The zero-order valence-electron chi connectivity index (χ0n) is 11.2. The topological polar surface area (TPSA) is 55.0 Å². The first-order valence-corrected chi connectivity index (χ1v) is 7.08. The summed E-state index contributed by atoms with van der Waals surface area (Å²) >= 11 is 0. The Balaban J connectivity index is 1.85. The van der Waals surface area contributed by atoms with Crippen LogP contribution in [0.15, 0.2) is 6.33 Å². The number of hydrogen-bond donors (Lipinski definition) is 1. The van der Waals surface area contributed by atoms with Gasteiger partial charge in [-0.25, -0.2) is 9.97 Å². The predicted molar refractivity (Wildman–Crippen MR) is 72.7 cm³/mol. The number of hydrogen-bond acceptors (Lipinski definition) is 4. The summed E-state index contributed by atoms with van der Waals surface area (Å²) in [4.78, 5) is 11.3. The van der Waals surface area contributed by atoms with E-state index in [4.69, 9.17) is 5.73 Å². The maximum Gasteiger partial charge on any atom is 0.135 e. The fraction of sp³-hybridized carbons (Fsp3) is 0.714. The molecular weight excluding hydrogens is 224 g/mol. The Kier molecular flexibility index (Phi) is 2.98. The van der Waals surface area contributed by atoms with E-state index in [0.29, 0.717) is 0 Å². The molecule has 1 aliphatic carbocycles. The number of fused-ring (bicyclic) bond motifs is 1. The standard InChI is InChI=1S/C14H22N4/c1-2-14(15)8-18(9-14)13-11-6-4-3-5-7-12(11)16-10-17-13/h10H,2-9,15H2,1H3. The van der Waals surface area contributed by atoms with Crippen molar-refractivity contribution in [1.82, 2.24) is 9.97 Å². The van der Waals surface area contributed by atoms with Crippen LogP contribution >= 0.6 is 0 Å². The van der Waals surface area contributed by atoms with Crippen LogP contribution in [0.4, 0.5) is 5.82 Å². The lowest BCUT2D eigenvalue weighted by atomic mass is 9.88. The molecule has 0 saturated carbocycles. The van der Waals surface area contributed by atoms with Crippen molar-refractivity contribution in [2.75, 3.05) is 18.0 Å². The molecule has 1 aromatic rings. The second kappa shape index (κ2) is 4.50. The zero-order valence-corrected chi connectivity index (χ0v) is 11.2. The number of aromatic nitrogens is 2. The molecule has 0 spiro atoms. The monoisotopic (exact) mass is 246 g/mol. The third kappa shape index (κ3) is 1.99. The molecule has 0 atom stereocenters. The molecule has 1 fully saturated rings. The van der Waals surface area contributed by atoms with Gasteiger partial charge in [0.2, 0.25) is 0 Å². The van der Waals surface area contributed by atoms with Crippen LogP contribution in [0.25, 0.3) is 0 Å². The van der Waals surface area contributed by atoms with Crippen molar-refractivity contribution in [1.29, 1.82) is 0 Å². The van der Waals surface area contributed by atoms with E-state index >= 15 is 0 Å². The molecular formula is C14H22N4. The lowest BCUT2D eigenvalue weighted by Gasteiger charge is -2.48. The Morgan fingerprint density at radius 3 is 2.78 bits per heavy atom. The van der Waals surface area contributed by atoms with Gasteiger partial charge in [0.15, 0.2) is 0 Å². The molecule has 18 heavy (non-hydrogen) atoms. The Hall–Kier alpha value is -1.16. The highest BCUT2D eigenvalue weighted by molar-refractivity contribution is 5.52. The highest BCUT2D eigenvalue weighted by Gasteiger charge is 2.39. The molecule has 0 amide bonds. The third-order valence-electron chi connectivity index (χ3n) is 4.37. The van der Waals surface area contributed by atoms with Crippen molar-refractivity contribution >= 4 is 5.82 Å². The Morgan fingerprint density at radius 1 is 1.22 bits per heavy atom. The molecule has 1 aromatic heterocycles. The fourth-order valence-electron chi connectivity index (χ4n) is 3.04. The van der Waals surface area contributed by atoms with E-state index in [1.807, 2.05) is 0 Å². The van der Waals surface area contributed by atoms with E-state index in [1.165, 1.54) is 30.5 Å². The first-order chi connectivity index (χ1) is 8.72. The van der Waals surface area contributed by atoms with Crippen LogP contribution in [0.5, 0.6) is 0 Å². The fourth-order valence-corrected chi connectivity index (χ4v) is 3.04. The average Bonchev–Trinajstić information content (AvgIpc) is 2.59. The van der Waals surface area contributed by atoms with Crippen molar-refractivity contribution < 1.29 is 0 Å². The summed E-state index contributed by atoms with van der Waals surface area (Å²) in [5, 5.41) is 0. The smallest absolute Gasteiger partial charge is 0.135 e. The molecule has 2 N–H and O–H groups in total. The van der Waals surface area contributed by atoms with Crippen LogP contribution < -0.4 is 10.6 Å². The third-order valence-corrected chi connectivity index (χ3v) is 4.37. The average molecular weight is 246 g/mol. The number of rotatable bonds is 2. The van der Waals surface area contributed by atoms with Crippen molar-refractivity contribution in [3.8, 4) is 0 Å². The normalized spacial score (nSPS) is 22.0. The molecule has 4 heteroatoms. The van der Waals surface area contributed by atoms with E-state index in [2.05, 4.69) is 21.8 Å². The molecule has 1 aliphatic heterocycles. The summed E-state index contributed by atoms with van der Waals surface area (Å²) in [6, 6.07) is 0. The molecule has 1 saturated heterocycles. The van der Waals surface area contributed by atoms with Gasteiger partial charge in [-0.2, -0.15) is 0 Å². The van der Waals surface area contributed by atoms with Crippen molar-refractivity contribution in [2.24, 2.45) is 5.73 Å². The highest BCUT2D eigenvalue weighted by Crippen LogP contribution is 2.32. The summed E-state index contributed by atoms with van der Waals surface area (Å²) in [7, 11) is 0. The van der Waals surface area contributed by atoms with E-state index in [0.717, 1.165) is 38.2 Å². The van der Waals surface area contributed by atoms with Gasteiger partial charge in [-0.3, -0.25) is 0 Å². The number of anilines is 1. The molecule has 0 bridgehead atoms. The molecule has 0 unspecified atom stereocenters. The van der Waals surface area contributed by atoms with Crippen LogP contribution in [-0.4, -0.2) is 28.6 Å². The predicted octanol–water partition coefficient (Wildman–Crippen LogP) is 1.67. The Labute approximate surface area is 109 Å². The first-order valence-electron chi connectivity index (χ1n) is 7.08. The molecule has 2 heterocycles. The van der Waals surface area contributed by atoms with Crippen LogP contribution in [0, 0.1) is 0 Å². The van der Waals surface area contributed by atoms with Crippen LogP contribution in [0.1, 0.15) is 43.9 Å². The van der Waals surface area contributed by atoms with Crippen LogP contribution in [0.3, 0.4) is 0 Å². The van der Waals surface area contributed by atoms with Crippen LogP contribution in [-0.2, 0) is 12.8 Å². The first kappa shape index (κ1) is 11.9. The van der Waals surface area contributed by atoms with Gasteiger partial charge in [0.05, 0.1) is 5.54 Å². The van der Waals surface area contributed by atoms with E-state index in [-0.39, 0.29) is 5.54 Å². The summed E-state index contributed by atoms with van der Waals surface area (Å²) in [5.41, 5.74) is 8.90. The summed E-state index contributed by atoms with van der Waals surface area (Å²) < 4.78 is 0. The highest BCUT2D eigenvalue weighted by atomic mass is 15.3. The second-order valence-corrected chi connectivity index (χ2v) is 5.76. The van der Waals surface area contributed by atoms with Crippen LogP contribution in [0.2, 0.25) is 0 Å². The molecule has 0 radical (unpaired) electrons. The Morgan fingerprint density at radius 2 is 2.00 bits per heavy atom. The summed E-state index contributed by atoms with van der Waals surface area (Å²) in [6.45, 7) is 4.04. The minimum atomic E-state index is 0.00254. The largest absolute Gasteiger partial charge is 0.352 e. The van der Waals surface area contributed by atoms with Gasteiger partial charge in [0.1, 0.15) is 12.1 Å². The van der Waals surface area contributed by atoms with Gasteiger partial charge in [0, 0.05) is 24.3 Å². The van der Waals surface area contributed by atoms with E-state index < -0.39 is 0 Å². The van der Waals surface area contributed by atoms with Gasteiger partial charge < -0.3 is 10.6 Å². The maximum absolute atomic E-state index is 6.25. The lowest BCUT2D eigenvalue weighted by molar-refractivity contribution is 0.319. The SMILES string of the molecule is CCC1(N)CN(c2ncnc3c2CCCCC3)C1. The maximum atomic E-state index is 6.25. The van der Waals surface area contributed by atoms with Gasteiger partial charge in [0.25, 0.3) is 0 Å². The summed E-state index contributed by atoms with van der Waals surface area (Å²) in [5.74, 6) is 1.15. The summed E-state index contributed by atoms with van der Waals surface area (Å²) in [6.07, 6.45) is 8.85. The van der Waals surface area contributed by atoms with Gasteiger partial charge >= 0.3 is 0 Å². The molecule has 4 nitrogen and oxygen atoms in total. The molecule has 3 rings (SSSR count).